The van der Waals surface area contributed by atoms with Crippen molar-refractivity contribution in [2.75, 3.05) is 18.7 Å². The Labute approximate surface area is 184 Å². The molecule has 2 aromatic rings. The molecular weight excluding hydrogens is 416 g/mol. The summed E-state index contributed by atoms with van der Waals surface area (Å²) in [6.07, 6.45) is 2.78. The van der Waals surface area contributed by atoms with Crippen LogP contribution < -0.4 is 14.8 Å². The number of ether oxygens (including phenoxy) is 3. The van der Waals surface area contributed by atoms with Crippen LogP contribution in [0.25, 0.3) is 0 Å². The highest BCUT2D eigenvalue weighted by molar-refractivity contribution is 7.16. The van der Waals surface area contributed by atoms with Crippen molar-refractivity contribution in [1.29, 1.82) is 5.26 Å². The van der Waals surface area contributed by atoms with Crippen molar-refractivity contribution in [3.63, 3.8) is 0 Å². The summed E-state index contributed by atoms with van der Waals surface area (Å²) < 4.78 is 15.6. The molecule has 0 saturated heterocycles. The molecule has 2 aliphatic rings. The molecule has 0 fully saturated rings. The Morgan fingerprint density at radius 1 is 1.29 bits per heavy atom. The van der Waals surface area contributed by atoms with Gasteiger partial charge in [0.05, 0.1) is 11.1 Å². The normalized spacial score (nSPS) is 16.9. The van der Waals surface area contributed by atoms with Crippen LogP contribution in [-0.2, 0) is 22.4 Å². The number of benzene rings is 1. The Bertz CT molecular complexity index is 1080. The van der Waals surface area contributed by atoms with Gasteiger partial charge in [0, 0.05) is 4.88 Å². The quantitative estimate of drug-likeness (QED) is 0.712. The second kappa shape index (κ2) is 8.23. The first-order chi connectivity index (χ1) is 14.8. The number of hydrogen-bond donors (Lipinski definition) is 1. The van der Waals surface area contributed by atoms with Crippen molar-refractivity contribution >= 4 is 28.2 Å². The highest BCUT2D eigenvalue weighted by Crippen LogP contribution is 2.44. The van der Waals surface area contributed by atoms with Gasteiger partial charge in [-0.25, -0.2) is 4.79 Å². The summed E-state index contributed by atoms with van der Waals surface area (Å²) in [5.74, 6) is 0.462. The van der Waals surface area contributed by atoms with Crippen LogP contribution in [0, 0.1) is 22.7 Å². The number of nitrogens with zero attached hydrogens (tertiary/aromatic N) is 1. The van der Waals surface area contributed by atoms with Gasteiger partial charge in [0.1, 0.15) is 11.1 Å². The first kappa shape index (κ1) is 21.2. The van der Waals surface area contributed by atoms with E-state index in [1.165, 1.54) is 17.4 Å². The number of nitrogens with one attached hydrogen (secondary N) is 1. The molecule has 0 radical (unpaired) electrons. The van der Waals surface area contributed by atoms with Gasteiger partial charge >= 0.3 is 5.97 Å². The molecule has 1 N–H and O–H groups in total. The van der Waals surface area contributed by atoms with E-state index < -0.39 is 18.5 Å². The Morgan fingerprint density at radius 3 is 2.81 bits per heavy atom. The van der Waals surface area contributed by atoms with Gasteiger partial charge in [-0.15, -0.1) is 11.3 Å². The summed E-state index contributed by atoms with van der Waals surface area (Å²) in [4.78, 5) is 25.8. The second-order valence-corrected chi connectivity index (χ2v) is 9.92. The number of amides is 1. The number of hydrogen-bond acceptors (Lipinski definition) is 7. The van der Waals surface area contributed by atoms with Crippen molar-refractivity contribution in [2.45, 2.75) is 40.0 Å². The van der Waals surface area contributed by atoms with Crippen LogP contribution >= 0.6 is 11.3 Å². The zero-order valence-electron chi connectivity index (χ0n) is 17.7. The average Bonchev–Trinajstić information content (AvgIpc) is 3.33. The van der Waals surface area contributed by atoms with Gasteiger partial charge in [-0.2, -0.15) is 5.26 Å². The van der Waals surface area contributed by atoms with Crippen molar-refractivity contribution in [1.82, 2.24) is 0 Å². The minimum Gasteiger partial charge on any atom is -0.454 e. The maximum absolute atomic E-state index is 12.4. The topological polar surface area (TPSA) is 97.7 Å². The highest BCUT2D eigenvalue weighted by atomic mass is 32.1. The van der Waals surface area contributed by atoms with Gasteiger partial charge in [0.15, 0.2) is 18.1 Å². The molecule has 4 rings (SSSR count). The molecule has 1 aromatic heterocycles. The molecule has 0 spiro atoms. The van der Waals surface area contributed by atoms with Gasteiger partial charge in [-0.3, -0.25) is 4.79 Å². The van der Waals surface area contributed by atoms with Gasteiger partial charge in [0.25, 0.3) is 5.91 Å². The van der Waals surface area contributed by atoms with E-state index in [-0.39, 0.29) is 17.8 Å². The van der Waals surface area contributed by atoms with Crippen molar-refractivity contribution in [3.8, 4) is 17.6 Å². The second-order valence-electron chi connectivity index (χ2n) is 8.82. The van der Waals surface area contributed by atoms with Crippen LogP contribution in [0.5, 0.6) is 11.5 Å². The molecule has 31 heavy (non-hydrogen) atoms. The Balaban J connectivity index is 1.39. The van der Waals surface area contributed by atoms with Gasteiger partial charge in [-0.1, -0.05) is 20.8 Å². The van der Waals surface area contributed by atoms with E-state index in [0.717, 1.165) is 29.7 Å². The summed E-state index contributed by atoms with van der Waals surface area (Å²) in [6.45, 7) is 6.38. The number of thiophene rings is 1. The molecule has 8 heteroatoms. The molecule has 1 aromatic carbocycles. The smallest absolute Gasteiger partial charge is 0.338 e. The summed E-state index contributed by atoms with van der Waals surface area (Å²) in [7, 11) is 0. The Hall–Kier alpha value is -3.05. The van der Waals surface area contributed by atoms with E-state index in [2.05, 4.69) is 32.2 Å². The largest absolute Gasteiger partial charge is 0.454 e. The standard InChI is InChI=1S/C23H24N2O5S/c1-23(2,3)14-5-6-15-16(10-24)21(31-19(15)9-14)25-20(26)11-28-22(27)13-4-7-17-18(8-13)30-12-29-17/h4,7-8,14H,5-6,9,11-12H2,1-3H3,(H,25,26)/t14-/m0/s1. The van der Waals surface area contributed by atoms with Crippen molar-refractivity contribution in [3.05, 3.63) is 39.8 Å². The fourth-order valence-corrected chi connectivity index (χ4v) is 5.23. The molecular formula is C23H24N2O5S. The van der Waals surface area contributed by atoms with E-state index in [1.54, 1.807) is 12.1 Å². The molecule has 2 heterocycles. The number of nitriles is 1. The lowest BCUT2D eigenvalue weighted by molar-refractivity contribution is -0.119. The summed E-state index contributed by atoms with van der Waals surface area (Å²) in [5.41, 5.74) is 2.04. The molecule has 0 bridgehead atoms. The number of esters is 1. The third-order valence-electron chi connectivity index (χ3n) is 5.80. The fraction of sp³-hybridized carbons (Fsp3) is 0.435. The molecule has 1 aliphatic heterocycles. The lowest BCUT2D eigenvalue weighted by atomic mass is 9.72. The first-order valence-corrected chi connectivity index (χ1v) is 11.0. The van der Waals surface area contributed by atoms with Crippen LogP contribution in [0.3, 0.4) is 0 Å². The summed E-state index contributed by atoms with van der Waals surface area (Å²) in [6, 6.07) is 6.94. The van der Waals surface area contributed by atoms with E-state index >= 15 is 0 Å². The lowest BCUT2D eigenvalue weighted by Crippen LogP contribution is -2.26. The van der Waals surface area contributed by atoms with Crippen molar-refractivity contribution < 1.29 is 23.8 Å². The van der Waals surface area contributed by atoms with Crippen LogP contribution in [0.15, 0.2) is 18.2 Å². The third-order valence-corrected chi connectivity index (χ3v) is 6.97. The monoisotopic (exact) mass is 440 g/mol. The molecule has 162 valence electrons. The molecule has 1 aliphatic carbocycles. The van der Waals surface area contributed by atoms with E-state index in [9.17, 15) is 14.9 Å². The zero-order valence-corrected chi connectivity index (χ0v) is 18.6. The third kappa shape index (κ3) is 4.37. The zero-order chi connectivity index (χ0) is 22.2. The predicted octanol–water partition coefficient (Wildman–Crippen LogP) is 4.29. The molecule has 0 saturated carbocycles. The van der Waals surface area contributed by atoms with Crippen LogP contribution in [0.4, 0.5) is 5.00 Å². The van der Waals surface area contributed by atoms with E-state index in [4.69, 9.17) is 14.2 Å². The van der Waals surface area contributed by atoms with Crippen LogP contribution in [-0.4, -0.2) is 25.3 Å². The number of rotatable bonds is 4. The number of anilines is 1. The van der Waals surface area contributed by atoms with E-state index in [1.807, 2.05) is 0 Å². The molecule has 0 unspecified atom stereocenters. The minimum absolute atomic E-state index is 0.110. The lowest BCUT2D eigenvalue weighted by Gasteiger charge is -2.33. The maximum atomic E-state index is 12.4. The predicted molar refractivity (Wildman–Crippen MR) is 115 cm³/mol. The summed E-state index contributed by atoms with van der Waals surface area (Å²) in [5, 5.41) is 12.9. The number of fused-ring (bicyclic) bond motifs is 2. The molecule has 1 atom stereocenters. The Morgan fingerprint density at radius 2 is 2.06 bits per heavy atom. The number of carbonyl (C=O) groups is 2. The molecule has 1 amide bonds. The average molecular weight is 441 g/mol. The minimum atomic E-state index is -0.632. The number of carbonyl (C=O) groups excluding carboxylic acids is 2. The van der Waals surface area contributed by atoms with Gasteiger partial charge in [0.2, 0.25) is 6.79 Å². The van der Waals surface area contributed by atoms with Crippen molar-refractivity contribution in [2.24, 2.45) is 11.3 Å². The highest BCUT2D eigenvalue weighted by Gasteiger charge is 2.32. The SMILES string of the molecule is CC(C)(C)[C@H]1CCc2c(sc(NC(=O)COC(=O)c3ccc4c(c3)OCO4)c2C#N)C1. The van der Waals surface area contributed by atoms with E-state index in [0.29, 0.717) is 28.0 Å². The Kier molecular flexibility index (Phi) is 5.63. The van der Waals surface area contributed by atoms with Gasteiger partial charge < -0.3 is 19.5 Å². The van der Waals surface area contributed by atoms with Gasteiger partial charge in [-0.05, 0) is 54.4 Å². The first-order valence-electron chi connectivity index (χ1n) is 10.2. The fourth-order valence-electron chi connectivity index (χ4n) is 3.93. The van der Waals surface area contributed by atoms with Crippen LogP contribution in [0.1, 0.15) is 53.6 Å². The summed E-state index contributed by atoms with van der Waals surface area (Å²) >= 11 is 1.45. The molecule has 7 nitrogen and oxygen atoms in total. The van der Waals surface area contributed by atoms with Crippen LogP contribution in [0.2, 0.25) is 0 Å². The maximum Gasteiger partial charge on any atom is 0.338 e.